The van der Waals surface area contributed by atoms with E-state index in [1.807, 2.05) is 0 Å². The average molecular weight is 412 g/mol. The van der Waals surface area contributed by atoms with E-state index < -0.39 is 15.7 Å². The molecule has 2 aromatic heterocycles. The molecule has 3 heterocycles. The van der Waals surface area contributed by atoms with Crippen molar-refractivity contribution in [2.75, 3.05) is 11.5 Å². The molecular weight excluding hydrogens is 394 g/mol. The minimum absolute atomic E-state index is 0.00693. The lowest BCUT2D eigenvalue weighted by Crippen LogP contribution is -2.29. The Morgan fingerprint density at radius 1 is 1.48 bits per heavy atom. The lowest BCUT2D eigenvalue weighted by Gasteiger charge is -2.09. The van der Waals surface area contributed by atoms with Crippen LogP contribution in [0.15, 0.2) is 34.3 Å². The van der Waals surface area contributed by atoms with E-state index in [1.54, 1.807) is 19.1 Å². The Bertz CT molecular complexity index is 1060. The quantitative estimate of drug-likeness (QED) is 0.568. The zero-order valence-corrected chi connectivity index (χ0v) is 16.1. The predicted molar refractivity (Wildman–Crippen MR) is 101 cm³/mol. The number of hydrazone groups is 1. The normalized spacial score (nSPS) is 18.8. The standard InChI is InChI=1S/C16H18ClN5O4S/c1-11-13(16(17)22(20-11)12-5-7-27(25,26)10-12)8-18-19-14(23)9-21-6-3-2-4-15(21)24/h2-4,6,8,12H,5,7,9-10H2,1H3,(H,19,23)/b18-8-/t12-/m0/s1. The Labute approximate surface area is 160 Å². The number of nitrogens with zero attached hydrogens (tertiary/aromatic N) is 4. The van der Waals surface area contributed by atoms with Crippen LogP contribution < -0.4 is 11.0 Å². The zero-order valence-electron chi connectivity index (χ0n) is 14.5. The van der Waals surface area contributed by atoms with E-state index in [2.05, 4.69) is 15.6 Å². The van der Waals surface area contributed by atoms with Crippen LogP contribution in [0.4, 0.5) is 0 Å². The molecule has 0 saturated carbocycles. The molecule has 1 N–H and O–H groups in total. The molecule has 0 aromatic carbocycles. The fourth-order valence-electron chi connectivity index (χ4n) is 2.84. The first-order chi connectivity index (χ1) is 12.8. The summed E-state index contributed by atoms with van der Waals surface area (Å²) in [5, 5.41) is 8.44. The number of sulfone groups is 1. The minimum atomic E-state index is -3.06. The van der Waals surface area contributed by atoms with Gasteiger partial charge >= 0.3 is 0 Å². The number of aryl methyl sites for hydroxylation is 1. The van der Waals surface area contributed by atoms with E-state index in [1.165, 1.54) is 27.7 Å². The maximum absolute atomic E-state index is 11.9. The average Bonchev–Trinajstić information content (AvgIpc) is 3.10. The maximum Gasteiger partial charge on any atom is 0.260 e. The number of nitrogens with one attached hydrogen (secondary N) is 1. The summed E-state index contributed by atoms with van der Waals surface area (Å²) >= 11 is 6.32. The highest BCUT2D eigenvalue weighted by molar-refractivity contribution is 7.91. The van der Waals surface area contributed by atoms with Crippen LogP contribution in [0, 0.1) is 6.92 Å². The third-order valence-electron chi connectivity index (χ3n) is 4.22. The van der Waals surface area contributed by atoms with Crippen molar-refractivity contribution in [2.45, 2.75) is 25.9 Å². The van der Waals surface area contributed by atoms with Crippen molar-refractivity contribution in [1.29, 1.82) is 0 Å². The Morgan fingerprint density at radius 2 is 2.26 bits per heavy atom. The molecule has 1 fully saturated rings. The van der Waals surface area contributed by atoms with E-state index in [-0.39, 0.29) is 34.8 Å². The second-order valence-electron chi connectivity index (χ2n) is 6.25. The molecule has 144 valence electrons. The zero-order chi connectivity index (χ0) is 19.6. The first kappa shape index (κ1) is 19.3. The summed E-state index contributed by atoms with van der Waals surface area (Å²) < 4.78 is 26.1. The molecule has 1 amide bonds. The molecule has 3 rings (SSSR count). The van der Waals surface area contributed by atoms with Gasteiger partial charge in [-0.3, -0.25) is 9.59 Å². The number of hydrogen-bond acceptors (Lipinski definition) is 6. The molecule has 0 radical (unpaired) electrons. The van der Waals surface area contributed by atoms with Gasteiger partial charge in [0.1, 0.15) is 11.7 Å². The van der Waals surface area contributed by atoms with E-state index in [9.17, 15) is 18.0 Å². The highest BCUT2D eigenvalue weighted by Crippen LogP contribution is 2.29. The van der Waals surface area contributed by atoms with Crippen LogP contribution in [0.1, 0.15) is 23.7 Å². The van der Waals surface area contributed by atoms with Crippen LogP contribution >= 0.6 is 11.6 Å². The molecule has 0 spiro atoms. The molecule has 27 heavy (non-hydrogen) atoms. The monoisotopic (exact) mass is 411 g/mol. The topological polar surface area (TPSA) is 115 Å². The molecular formula is C16H18ClN5O4S. The van der Waals surface area contributed by atoms with Gasteiger partial charge in [0.15, 0.2) is 9.84 Å². The lowest BCUT2D eigenvalue weighted by molar-refractivity contribution is -0.121. The van der Waals surface area contributed by atoms with E-state index in [0.717, 1.165) is 0 Å². The summed E-state index contributed by atoms with van der Waals surface area (Å²) in [5.74, 6) is -0.347. The third kappa shape index (κ3) is 4.45. The molecule has 0 aliphatic carbocycles. The molecule has 0 bridgehead atoms. The van der Waals surface area contributed by atoms with Crippen LogP contribution in [0.3, 0.4) is 0 Å². The van der Waals surface area contributed by atoms with Crippen molar-refractivity contribution in [3.8, 4) is 0 Å². The summed E-state index contributed by atoms with van der Waals surface area (Å²) in [4.78, 5) is 23.5. The van der Waals surface area contributed by atoms with Gasteiger partial charge in [0.25, 0.3) is 11.5 Å². The summed E-state index contributed by atoms with van der Waals surface area (Å²) in [6.07, 6.45) is 3.32. The molecule has 9 nitrogen and oxygen atoms in total. The number of hydrogen-bond donors (Lipinski definition) is 1. The fourth-order valence-corrected chi connectivity index (χ4v) is 4.89. The first-order valence-corrected chi connectivity index (χ1v) is 10.4. The van der Waals surface area contributed by atoms with Crippen LogP contribution in [-0.2, 0) is 21.2 Å². The van der Waals surface area contributed by atoms with Gasteiger partial charge in [0.2, 0.25) is 0 Å². The van der Waals surface area contributed by atoms with Crippen LogP contribution in [0.5, 0.6) is 0 Å². The van der Waals surface area contributed by atoms with Gasteiger partial charge in [0.05, 0.1) is 35.0 Å². The van der Waals surface area contributed by atoms with Crippen molar-refractivity contribution in [3.05, 3.63) is 51.2 Å². The Morgan fingerprint density at radius 3 is 2.93 bits per heavy atom. The predicted octanol–water partition coefficient (Wildman–Crippen LogP) is 0.517. The van der Waals surface area contributed by atoms with E-state index in [4.69, 9.17) is 11.6 Å². The third-order valence-corrected chi connectivity index (χ3v) is 6.35. The minimum Gasteiger partial charge on any atom is -0.306 e. The van der Waals surface area contributed by atoms with Crippen molar-refractivity contribution < 1.29 is 13.2 Å². The summed E-state index contributed by atoms with van der Waals surface area (Å²) in [5.41, 5.74) is 3.11. The Balaban J connectivity index is 1.68. The van der Waals surface area contributed by atoms with Crippen molar-refractivity contribution in [2.24, 2.45) is 5.10 Å². The molecule has 11 heteroatoms. The highest BCUT2D eigenvalue weighted by Gasteiger charge is 2.31. The second-order valence-corrected chi connectivity index (χ2v) is 8.84. The largest absolute Gasteiger partial charge is 0.306 e. The summed E-state index contributed by atoms with van der Waals surface area (Å²) in [6.45, 7) is 1.56. The number of pyridine rings is 1. The Kier molecular flexibility index (Phi) is 5.47. The van der Waals surface area contributed by atoms with Crippen molar-refractivity contribution >= 4 is 33.6 Å². The number of aromatic nitrogens is 3. The molecule has 1 aliphatic heterocycles. The number of amides is 1. The van der Waals surface area contributed by atoms with Crippen LogP contribution in [-0.4, -0.2) is 46.4 Å². The van der Waals surface area contributed by atoms with Gasteiger partial charge in [-0.15, -0.1) is 0 Å². The van der Waals surface area contributed by atoms with E-state index >= 15 is 0 Å². The summed E-state index contributed by atoms with van der Waals surface area (Å²) in [6, 6.07) is 4.30. The van der Waals surface area contributed by atoms with Gasteiger partial charge in [0, 0.05) is 12.3 Å². The summed E-state index contributed by atoms with van der Waals surface area (Å²) in [7, 11) is -3.06. The maximum atomic E-state index is 11.9. The van der Waals surface area contributed by atoms with Crippen LogP contribution in [0.2, 0.25) is 5.15 Å². The lowest BCUT2D eigenvalue weighted by atomic mass is 10.2. The SMILES string of the molecule is Cc1nn([C@H]2CCS(=O)(=O)C2)c(Cl)c1/C=N\NC(=O)Cn1ccccc1=O. The van der Waals surface area contributed by atoms with Crippen molar-refractivity contribution in [3.63, 3.8) is 0 Å². The number of rotatable bonds is 5. The van der Waals surface area contributed by atoms with Gasteiger partial charge in [-0.1, -0.05) is 17.7 Å². The van der Waals surface area contributed by atoms with Gasteiger partial charge in [-0.05, 0) is 19.4 Å². The number of carbonyl (C=O) groups excluding carboxylic acids is 1. The molecule has 1 saturated heterocycles. The van der Waals surface area contributed by atoms with Gasteiger partial charge in [-0.2, -0.15) is 10.2 Å². The van der Waals surface area contributed by atoms with Crippen molar-refractivity contribution in [1.82, 2.24) is 19.8 Å². The molecule has 0 unspecified atom stereocenters. The Hall–Kier alpha value is -2.46. The van der Waals surface area contributed by atoms with Gasteiger partial charge in [-0.25, -0.2) is 18.5 Å². The highest BCUT2D eigenvalue weighted by atomic mass is 35.5. The molecule has 1 aliphatic rings. The second kappa shape index (κ2) is 7.65. The smallest absolute Gasteiger partial charge is 0.260 e. The first-order valence-electron chi connectivity index (χ1n) is 8.19. The molecule has 1 atom stereocenters. The number of carbonyl (C=O) groups is 1. The van der Waals surface area contributed by atoms with Crippen LogP contribution in [0.25, 0.3) is 0 Å². The fraction of sp³-hybridized carbons (Fsp3) is 0.375. The number of halogens is 1. The molecule has 2 aromatic rings. The van der Waals surface area contributed by atoms with E-state index in [0.29, 0.717) is 17.7 Å². The van der Waals surface area contributed by atoms with Gasteiger partial charge < -0.3 is 4.57 Å².